The third-order valence-corrected chi connectivity index (χ3v) is 6.03. The molecule has 0 unspecified atom stereocenters. The van der Waals surface area contributed by atoms with E-state index < -0.39 is 0 Å². The Kier molecular flexibility index (Phi) is 7.07. The van der Waals surface area contributed by atoms with E-state index in [4.69, 9.17) is 4.74 Å². The van der Waals surface area contributed by atoms with Gasteiger partial charge in [0.25, 0.3) is 5.56 Å². The number of para-hydroxylation sites is 2. The Balaban J connectivity index is 1.30. The number of hydrogen-bond acceptors (Lipinski definition) is 5. The van der Waals surface area contributed by atoms with Gasteiger partial charge in [0.15, 0.2) is 0 Å². The fraction of sp³-hybridized carbons (Fsp3) is 0.346. The second-order valence-electron chi connectivity index (χ2n) is 8.29. The number of carbonyl (C=O) groups is 1. The first-order valence-electron chi connectivity index (χ1n) is 11.4. The molecule has 1 aromatic heterocycles. The fourth-order valence-electron chi connectivity index (χ4n) is 4.11. The van der Waals surface area contributed by atoms with E-state index in [2.05, 4.69) is 10.00 Å². The number of amides is 1. The van der Waals surface area contributed by atoms with Gasteiger partial charge in [-0.3, -0.25) is 9.59 Å². The summed E-state index contributed by atoms with van der Waals surface area (Å²) in [5.41, 5.74) is 3.82. The van der Waals surface area contributed by atoms with E-state index in [0.717, 1.165) is 35.8 Å². The number of methoxy groups -OCH3 is 1. The van der Waals surface area contributed by atoms with Gasteiger partial charge in [0.05, 0.1) is 18.5 Å². The van der Waals surface area contributed by atoms with Crippen LogP contribution in [0, 0.1) is 6.92 Å². The van der Waals surface area contributed by atoms with Crippen LogP contribution in [-0.2, 0) is 11.3 Å². The van der Waals surface area contributed by atoms with Crippen molar-refractivity contribution in [3.63, 3.8) is 0 Å². The summed E-state index contributed by atoms with van der Waals surface area (Å²) in [6.45, 7) is 5.35. The van der Waals surface area contributed by atoms with Crippen LogP contribution in [0.25, 0.3) is 11.3 Å². The predicted octanol–water partition coefficient (Wildman–Crippen LogP) is 3.36. The Morgan fingerprint density at radius 1 is 0.970 bits per heavy atom. The molecule has 0 spiro atoms. The van der Waals surface area contributed by atoms with Crippen molar-refractivity contribution in [2.24, 2.45) is 0 Å². The molecular formula is C26H30N4O3. The molecule has 1 saturated heterocycles. The van der Waals surface area contributed by atoms with Crippen molar-refractivity contribution < 1.29 is 9.53 Å². The largest absolute Gasteiger partial charge is 0.495 e. The highest BCUT2D eigenvalue weighted by molar-refractivity contribution is 5.76. The standard InChI is InChI=1S/C26H30N4O3/c1-20-9-11-21(12-10-20)22-13-14-26(32)30(27-22)15-5-8-25(31)29-18-16-28(17-19-29)23-6-3-4-7-24(23)33-2/h3-4,6-7,9-14H,5,8,15-19H2,1-2H3. The number of aryl methyl sites for hydroxylation is 2. The smallest absolute Gasteiger partial charge is 0.266 e. The molecule has 0 aliphatic carbocycles. The topological polar surface area (TPSA) is 67.7 Å². The summed E-state index contributed by atoms with van der Waals surface area (Å²) in [6, 6.07) is 19.3. The van der Waals surface area contributed by atoms with E-state index in [-0.39, 0.29) is 11.5 Å². The molecule has 1 amide bonds. The molecule has 2 heterocycles. The van der Waals surface area contributed by atoms with Crippen LogP contribution in [0.15, 0.2) is 65.5 Å². The molecule has 0 bridgehead atoms. The zero-order chi connectivity index (χ0) is 23.2. The van der Waals surface area contributed by atoms with Crippen molar-refractivity contribution >= 4 is 11.6 Å². The lowest BCUT2D eigenvalue weighted by Gasteiger charge is -2.36. The van der Waals surface area contributed by atoms with Gasteiger partial charge in [0.1, 0.15) is 5.75 Å². The molecule has 1 fully saturated rings. The number of nitrogens with zero attached hydrogens (tertiary/aromatic N) is 4. The second-order valence-corrected chi connectivity index (χ2v) is 8.29. The molecule has 0 atom stereocenters. The third-order valence-electron chi connectivity index (χ3n) is 6.03. The molecule has 3 aromatic rings. The average molecular weight is 447 g/mol. The average Bonchev–Trinajstić information content (AvgIpc) is 2.85. The minimum Gasteiger partial charge on any atom is -0.495 e. The normalized spacial score (nSPS) is 13.8. The van der Waals surface area contributed by atoms with Gasteiger partial charge in [-0.2, -0.15) is 5.10 Å². The highest BCUT2D eigenvalue weighted by Crippen LogP contribution is 2.28. The lowest BCUT2D eigenvalue weighted by molar-refractivity contribution is -0.131. The Hall–Kier alpha value is -3.61. The molecule has 2 aromatic carbocycles. The number of ether oxygens (including phenoxy) is 1. The van der Waals surface area contributed by atoms with Crippen molar-refractivity contribution in [3.05, 3.63) is 76.6 Å². The maximum atomic E-state index is 12.7. The van der Waals surface area contributed by atoms with Crippen molar-refractivity contribution in [3.8, 4) is 17.0 Å². The Bertz CT molecular complexity index is 1150. The summed E-state index contributed by atoms with van der Waals surface area (Å²) in [5.74, 6) is 0.973. The van der Waals surface area contributed by atoms with Gasteiger partial charge in [-0.05, 0) is 31.5 Å². The second kappa shape index (κ2) is 10.3. The van der Waals surface area contributed by atoms with E-state index in [1.165, 1.54) is 10.2 Å². The molecule has 0 saturated carbocycles. The Labute approximate surface area is 194 Å². The highest BCUT2D eigenvalue weighted by Gasteiger charge is 2.22. The van der Waals surface area contributed by atoms with Gasteiger partial charge >= 0.3 is 0 Å². The number of hydrogen-bond donors (Lipinski definition) is 0. The zero-order valence-electron chi connectivity index (χ0n) is 19.2. The molecular weight excluding hydrogens is 416 g/mol. The van der Waals surface area contributed by atoms with Crippen molar-refractivity contribution in [1.82, 2.24) is 14.7 Å². The summed E-state index contributed by atoms with van der Waals surface area (Å²) in [7, 11) is 1.68. The van der Waals surface area contributed by atoms with Crippen molar-refractivity contribution in [1.29, 1.82) is 0 Å². The van der Waals surface area contributed by atoms with Crippen LogP contribution < -0.4 is 15.2 Å². The maximum absolute atomic E-state index is 12.7. The summed E-state index contributed by atoms with van der Waals surface area (Å²) in [4.78, 5) is 29.1. The summed E-state index contributed by atoms with van der Waals surface area (Å²) >= 11 is 0. The molecule has 4 rings (SSSR count). The fourth-order valence-corrected chi connectivity index (χ4v) is 4.11. The van der Waals surface area contributed by atoms with Crippen molar-refractivity contribution in [2.75, 3.05) is 38.2 Å². The molecule has 172 valence electrons. The number of aromatic nitrogens is 2. The lowest BCUT2D eigenvalue weighted by atomic mass is 10.1. The molecule has 1 aliphatic rings. The summed E-state index contributed by atoms with van der Waals surface area (Å²) in [6.07, 6.45) is 0.980. The molecule has 0 N–H and O–H groups in total. The zero-order valence-corrected chi connectivity index (χ0v) is 19.2. The first-order valence-corrected chi connectivity index (χ1v) is 11.4. The van der Waals surface area contributed by atoms with Crippen molar-refractivity contribution in [2.45, 2.75) is 26.3 Å². The third kappa shape index (κ3) is 5.42. The first kappa shape index (κ1) is 22.6. The van der Waals surface area contributed by atoms with E-state index in [1.807, 2.05) is 60.4 Å². The van der Waals surface area contributed by atoms with E-state index in [1.54, 1.807) is 19.2 Å². The molecule has 0 radical (unpaired) electrons. The van der Waals surface area contributed by atoms with Crippen LogP contribution in [0.1, 0.15) is 18.4 Å². The van der Waals surface area contributed by atoms with Crippen LogP contribution in [0.3, 0.4) is 0 Å². The SMILES string of the molecule is COc1ccccc1N1CCN(C(=O)CCCn2nc(-c3ccc(C)cc3)ccc2=O)CC1. The number of carbonyl (C=O) groups excluding carboxylic acids is 1. The van der Waals surface area contributed by atoms with E-state index in [0.29, 0.717) is 32.5 Å². The van der Waals surface area contributed by atoms with E-state index in [9.17, 15) is 9.59 Å². The minimum atomic E-state index is -0.149. The van der Waals surface area contributed by atoms with Gasteiger partial charge < -0.3 is 14.5 Å². The number of piperazine rings is 1. The molecule has 1 aliphatic heterocycles. The summed E-state index contributed by atoms with van der Waals surface area (Å²) in [5, 5.41) is 4.50. The van der Waals surface area contributed by atoms with Gasteiger partial charge in [-0.1, -0.05) is 42.0 Å². The summed E-state index contributed by atoms with van der Waals surface area (Å²) < 4.78 is 6.92. The number of anilines is 1. The van der Waals surface area contributed by atoms with E-state index >= 15 is 0 Å². The van der Waals surface area contributed by atoms with Gasteiger partial charge in [-0.15, -0.1) is 0 Å². The van der Waals surface area contributed by atoms with Gasteiger partial charge in [0, 0.05) is 50.8 Å². The predicted molar refractivity (Wildman–Crippen MR) is 130 cm³/mol. The van der Waals surface area contributed by atoms with Crippen LogP contribution in [0.4, 0.5) is 5.69 Å². The Morgan fingerprint density at radius 3 is 2.42 bits per heavy atom. The maximum Gasteiger partial charge on any atom is 0.266 e. The van der Waals surface area contributed by atoms with Gasteiger partial charge in [-0.25, -0.2) is 4.68 Å². The minimum absolute atomic E-state index is 0.123. The monoisotopic (exact) mass is 446 g/mol. The first-order chi connectivity index (χ1) is 16.0. The van der Waals surface area contributed by atoms with Crippen LogP contribution in [0.5, 0.6) is 5.75 Å². The quantitative estimate of drug-likeness (QED) is 0.557. The lowest BCUT2D eigenvalue weighted by Crippen LogP contribution is -2.48. The van der Waals surface area contributed by atoms with Crippen LogP contribution >= 0.6 is 0 Å². The molecule has 33 heavy (non-hydrogen) atoms. The number of rotatable bonds is 7. The highest BCUT2D eigenvalue weighted by atomic mass is 16.5. The van der Waals surface area contributed by atoms with Gasteiger partial charge in [0.2, 0.25) is 5.91 Å². The molecule has 7 heteroatoms. The van der Waals surface area contributed by atoms with Crippen LogP contribution in [-0.4, -0.2) is 53.9 Å². The van der Waals surface area contributed by atoms with Crippen LogP contribution in [0.2, 0.25) is 0 Å². The Morgan fingerprint density at radius 2 is 1.70 bits per heavy atom. The molecule has 7 nitrogen and oxygen atoms in total. The number of benzene rings is 2.